The van der Waals surface area contributed by atoms with E-state index in [-0.39, 0.29) is 17.1 Å². The summed E-state index contributed by atoms with van der Waals surface area (Å²) in [4.78, 5) is 27.4. The summed E-state index contributed by atoms with van der Waals surface area (Å²) in [5.41, 5.74) is -0.206. The average molecular weight is 382 g/mol. The number of thiazole rings is 1. The quantitative estimate of drug-likeness (QED) is 0.708. The Kier molecular flexibility index (Phi) is 4.05. The third kappa shape index (κ3) is 3.31. The molecule has 106 valence electrons. The van der Waals surface area contributed by atoms with E-state index in [1.54, 1.807) is 18.2 Å². The van der Waals surface area contributed by atoms with Gasteiger partial charge in [-0.2, -0.15) is 0 Å². The Morgan fingerprint density at radius 2 is 2.29 bits per heavy atom. The first kappa shape index (κ1) is 14.2. The molecule has 0 aromatic carbocycles. The number of rotatable bonds is 3. The predicted molar refractivity (Wildman–Crippen MR) is 87.3 cm³/mol. The fourth-order valence-electron chi connectivity index (χ4n) is 1.67. The van der Waals surface area contributed by atoms with Gasteiger partial charge in [-0.3, -0.25) is 9.59 Å². The summed E-state index contributed by atoms with van der Waals surface area (Å²) in [6, 6.07) is 5.16. The molecule has 21 heavy (non-hydrogen) atoms. The van der Waals surface area contributed by atoms with Crippen LogP contribution in [0.15, 0.2) is 43.5 Å². The molecule has 4 nitrogen and oxygen atoms in total. The lowest BCUT2D eigenvalue weighted by molar-refractivity contribution is 0.103. The van der Waals surface area contributed by atoms with Gasteiger partial charge in [-0.15, -0.1) is 22.7 Å². The van der Waals surface area contributed by atoms with E-state index in [0.717, 1.165) is 9.35 Å². The van der Waals surface area contributed by atoms with Gasteiger partial charge in [0.2, 0.25) is 5.78 Å². The van der Waals surface area contributed by atoms with Crippen molar-refractivity contribution in [3.63, 3.8) is 0 Å². The van der Waals surface area contributed by atoms with E-state index >= 15 is 0 Å². The molecule has 1 N–H and O–H groups in total. The minimum Gasteiger partial charge on any atom is -0.461 e. The van der Waals surface area contributed by atoms with Gasteiger partial charge in [0.1, 0.15) is 0 Å². The van der Waals surface area contributed by atoms with Crippen LogP contribution in [0.25, 0.3) is 12.2 Å². The number of hydrogen-bond donors (Lipinski definition) is 1. The second-order valence-corrected chi connectivity index (χ2v) is 7.02. The fraction of sp³-hybridized carbons (Fsp3) is 0. The van der Waals surface area contributed by atoms with Crippen molar-refractivity contribution in [2.75, 3.05) is 0 Å². The molecule has 0 radical (unpaired) electrons. The van der Waals surface area contributed by atoms with Crippen molar-refractivity contribution < 1.29 is 9.21 Å². The maximum Gasteiger partial charge on any atom is 0.266 e. The minimum absolute atomic E-state index is 0.206. The summed E-state index contributed by atoms with van der Waals surface area (Å²) in [6.07, 6.45) is 4.60. The maximum atomic E-state index is 11.9. The van der Waals surface area contributed by atoms with Crippen LogP contribution in [-0.4, -0.2) is 10.8 Å². The molecule has 7 heteroatoms. The Balaban J connectivity index is 2.00. The first-order chi connectivity index (χ1) is 10.1. The number of Topliss-reactive ketones (excluding diaryl/α,β-unsaturated/α-hetero) is 1. The van der Waals surface area contributed by atoms with Crippen LogP contribution in [0.2, 0.25) is 0 Å². The standard InChI is InChI=1S/C14H8BrNO3S2/c15-8-4-9(20-7-8)5-12-14(18)16-13(21-12)6-10(17)11-2-1-3-19-11/h1-7H,(H,16,18)/b12-5-,13-6-. The van der Waals surface area contributed by atoms with E-state index in [1.807, 2.05) is 11.4 Å². The molecule has 0 atom stereocenters. The van der Waals surface area contributed by atoms with Gasteiger partial charge in [0, 0.05) is 20.8 Å². The zero-order valence-electron chi connectivity index (χ0n) is 10.5. The monoisotopic (exact) mass is 381 g/mol. The highest BCUT2D eigenvalue weighted by Crippen LogP contribution is 2.19. The number of thiophene rings is 1. The van der Waals surface area contributed by atoms with Crippen molar-refractivity contribution in [2.24, 2.45) is 0 Å². The Bertz CT molecular complexity index is 947. The van der Waals surface area contributed by atoms with Crippen molar-refractivity contribution in [3.8, 4) is 0 Å². The average Bonchev–Trinajstić information content (AvgIpc) is 3.14. The first-order valence-corrected chi connectivity index (χ1v) is 8.35. The highest BCUT2D eigenvalue weighted by molar-refractivity contribution is 9.10. The molecule has 0 fully saturated rings. The van der Waals surface area contributed by atoms with Crippen molar-refractivity contribution >= 4 is 56.5 Å². The second kappa shape index (κ2) is 5.97. The second-order valence-electron chi connectivity index (χ2n) is 4.08. The normalized spacial score (nSPS) is 13.0. The number of nitrogens with one attached hydrogen (secondary N) is 1. The molecule has 0 aliphatic carbocycles. The van der Waals surface area contributed by atoms with E-state index in [2.05, 4.69) is 20.9 Å². The molecule has 3 heterocycles. The first-order valence-electron chi connectivity index (χ1n) is 5.86. The number of furan rings is 1. The van der Waals surface area contributed by atoms with Crippen LogP contribution in [0.5, 0.6) is 0 Å². The summed E-state index contributed by atoms with van der Waals surface area (Å²) in [6.45, 7) is 0. The highest BCUT2D eigenvalue weighted by atomic mass is 79.9. The van der Waals surface area contributed by atoms with Gasteiger partial charge in [0.25, 0.3) is 5.56 Å². The number of ketones is 1. The summed E-state index contributed by atoms with van der Waals surface area (Å²) in [5, 5.41) is 1.95. The molecular weight excluding hydrogens is 374 g/mol. The van der Waals surface area contributed by atoms with E-state index in [0.29, 0.717) is 9.20 Å². The molecule has 0 unspecified atom stereocenters. The lowest BCUT2D eigenvalue weighted by Gasteiger charge is -1.84. The van der Waals surface area contributed by atoms with Crippen LogP contribution >= 0.6 is 38.6 Å². The molecule has 0 saturated heterocycles. The zero-order valence-corrected chi connectivity index (χ0v) is 13.7. The summed E-state index contributed by atoms with van der Waals surface area (Å²) < 4.78 is 7.06. The topological polar surface area (TPSA) is 63.1 Å². The van der Waals surface area contributed by atoms with Crippen molar-refractivity contribution in [1.29, 1.82) is 0 Å². The van der Waals surface area contributed by atoms with E-state index in [9.17, 15) is 9.59 Å². The minimum atomic E-state index is -0.275. The predicted octanol–water partition coefficient (Wildman–Crippen LogP) is 2.35. The number of carbonyl (C=O) groups is 1. The third-order valence-electron chi connectivity index (χ3n) is 2.57. The van der Waals surface area contributed by atoms with Gasteiger partial charge >= 0.3 is 0 Å². The van der Waals surface area contributed by atoms with Gasteiger partial charge in [-0.05, 0) is 40.2 Å². The summed E-state index contributed by atoms with van der Waals surface area (Å²) in [7, 11) is 0. The van der Waals surface area contributed by atoms with Crippen LogP contribution in [0.4, 0.5) is 0 Å². The molecule has 0 aliphatic heterocycles. The molecule has 3 aromatic rings. The van der Waals surface area contributed by atoms with E-state index in [1.165, 1.54) is 35.0 Å². The Hall–Kier alpha value is -1.70. The van der Waals surface area contributed by atoms with Gasteiger partial charge in [0.05, 0.1) is 15.5 Å². The van der Waals surface area contributed by atoms with E-state index in [4.69, 9.17) is 4.42 Å². The Morgan fingerprint density at radius 3 is 2.95 bits per heavy atom. The lowest BCUT2D eigenvalue weighted by Crippen LogP contribution is -2.19. The van der Waals surface area contributed by atoms with Gasteiger partial charge < -0.3 is 9.40 Å². The van der Waals surface area contributed by atoms with Crippen molar-refractivity contribution in [3.05, 3.63) is 64.5 Å². The SMILES string of the molecule is O=C(/C=c1/[nH]c(=O)/c(=C/c2cc(Br)cs2)s1)c1ccco1. The highest BCUT2D eigenvalue weighted by Gasteiger charge is 2.05. The van der Waals surface area contributed by atoms with Gasteiger partial charge in [0.15, 0.2) is 5.76 Å². The smallest absolute Gasteiger partial charge is 0.266 e. The van der Waals surface area contributed by atoms with Crippen LogP contribution in [-0.2, 0) is 0 Å². The molecule has 3 rings (SSSR count). The molecule has 0 bridgehead atoms. The van der Waals surface area contributed by atoms with Crippen molar-refractivity contribution in [1.82, 2.24) is 4.98 Å². The molecule has 0 saturated carbocycles. The Labute approximate surface area is 135 Å². The molecular formula is C14H8BrNO3S2. The van der Waals surface area contributed by atoms with Crippen LogP contribution in [0.3, 0.4) is 0 Å². The third-order valence-corrected chi connectivity index (χ3v) is 5.17. The molecule has 0 spiro atoms. The lowest BCUT2D eigenvalue weighted by atomic mass is 10.3. The van der Waals surface area contributed by atoms with Crippen LogP contribution in [0, 0.1) is 0 Å². The van der Waals surface area contributed by atoms with E-state index < -0.39 is 0 Å². The van der Waals surface area contributed by atoms with Gasteiger partial charge in [-0.1, -0.05) is 0 Å². The number of halogens is 1. The number of H-pyrrole nitrogens is 1. The number of carbonyl (C=O) groups excluding carboxylic acids is 1. The summed E-state index contributed by atoms with van der Waals surface area (Å²) in [5.74, 6) is -0.0279. The van der Waals surface area contributed by atoms with Crippen LogP contribution in [0.1, 0.15) is 15.4 Å². The zero-order chi connectivity index (χ0) is 14.8. The molecule has 3 aromatic heterocycles. The largest absolute Gasteiger partial charge is 0.461 e. The summed E-state index contributed by atoms with van der Waals surface area (Å²) >= 11 is 6.14. The number of aromatic amines is 1. The number of hydrogen-bond acceptors (Lipinski definition) is 5. The molecule has 0 aliphatic rings. The van der Waals surface area contributed by atoms with Crippen LogP contribution < -0.4 is 14.8 Å². The Morgan fingerprint density at radius 1 is 1.43 bits per heavy atom. The maximum absolute atomic E-state index is 11.9. The van der Waals surface area contributed by atoms with Crippen molar-refractivity contribution in [2.45, 2.75) is 0 Å². The van der Waals surface area contributed by atoms with Gasteiger partial charge in [-0.25, -0.2) is 0 Å². The fourth-order valence-corrected chi connectivity index (χ4v) is 3.99. The number of aromatic nitrogens is 1. The molecule has 0 amide bonds.